The fourth-order valence-corrected chi connectivity index (χ4v) is 2.23. The zero-order chi connectivity index (χ0) is 9.80. The highest BCUT2D eigenvalue weighted by molar-refractivity contribution is 5.26. The molecule has 2 N–H and O–H groups in total. The van der Waals surface area contributed by atoms with E-state index in [4.69, 9.17) is 5.73 Å². The Hall–Kier alpha value is -0.820. The molecule has 0 atom stereocenters. The van der Waals surface area contributed by atoms with Gasteiger partial charge in [0.15, 0.2) is 0 Å². The maximum absolute atomic E-state index is 5.64. The molecule has 1 aliphatic rings. The molecule has 2 rings (SSSR count). The molecule has 75 valence electrons. The molecule has 1 radical (unpaired) electrons. The van der Waals surface area contributed by atoms with Crippen molar-refractivity contribution < 1.29 is 0 Å². The lowest BCUT2D eigenvalue weighted by Gasteiger charge is -2.22. The molecule has 0 aromatic heterocycles. The van der Waals surface area contributed by atoms with Crippen molar-refractivity contribution in [2.75, 3.05) is 0 Å². The third kappa shape index (κ3) is 2.16. The normalized spacial score (nSPS) is 18.4. The number of nitrogens with two attached hydrogens (primary N) is 1. The van der Waals surface area contributed by atoms with E-state index in [1.54, 1.807) is 0 Å². The number of hydrogen-bond donors (Lipinski definition) is 1. The van der Waals surface area contributed by atoms with Crippen molar-refractivity contribution in [2.24, 2.45) is 5.73 Å². The fourth-order valence-electron chi connectivity index (χ4n) is 2.23. The second-order valence-corrected chi connectivity index (χ2v) is 4.09. The molecule has 1 nitrogen and oxygen atoms in total. The molecule has 1 heteroatoms. The average molecular weight is 188 g/mol. The maximum atomic E-state index is 5.64. The summed E-state index contributed by atoms with van der Waals surface area (Å²) in [5, 5.41) is 0. The van der Waals surface area contributed by atoms with Crippen LogP contribution in [-0.4, -0.2) is 0 Å². The number of benzene rings is 1. The molecule has 0 saturated heterocycles. The highest BCUT2D eigenvalue weighted by atomic mass is 14.5. The SMILES string of the molecule is NCc1cccc(C2CC[CH]CC2)c1. The van der Waals surface area contributed by atoms with Crippen molar-refractivity contribution in [3.05, 3.63) is 41.8 Å². The smallest absolute Gasteiger partial charge is 0.0178 e. The van der Waals surface area contributed by atoms with Crippen LogP contribution in [0.5, 0.6) is 0 Å². The highest BCUT2D eigenvalue weighted by Crippen LogP contribution is 2.32. The Morgan fingerprint density at radius 2 is 2.00 bits per heavy atom. The van der Waals surface area contributed by atoms with Crippen molar-refractivity contribution in [3.63, 3.8) is 0 Å². The number of hydrogen-bond acceptors (Lipinski definition) is 1. The van der Waals surface area contributed by atoms with Gasteiger partial charge in [-0.1, -0.05) is 24.3 Å². The predicted molar refractivity (Wildman–Crippen MR) is 59.8 cm³/mol. The van der Waals surface area contributed by atoms with Crippen molar-refractivity contribution >= 4 is 0 Å². The molecule has 0 aliphatic heterocycles. The Labute approximate surface area is 86.3 Å². The second-order valence-electron chi connectivity index (χ2n) is 4.09. The largest absolute Gasteiger partial charge is 0.326 e. The Balaban J connectivity index is 2.13. The van der Waals surface area contributed by atoms with Gasteiger partial charge in [-0.2, -0.15) is 0 Å². The molecule has 0 amide bonds. The van der Waals surface area contributed by atoms with Crippen LogP contribution in [-0.2, 0) is 6.54 Å². The zero-order valence-electron chi connectivity index (χ0n) is 8.58. The van der Waals surface area contributed by atoms with Gasteiger partial charge in [-0.3, -0.25) is 0 Å². The molecule has 0 spiro atoms. The zero-order valence-corrected chi connectivity index (χ0v) is 8.58. The third-order valence-electron chi connectivity index (χ3n) is 3.10. The highest BCUT2D eigenvalue weighted by Gasteiger charge is 2.15. The van der Waals surface area contributed by atoms with E-state index in [9.17, 15) is 0 Å². The maximum Gasteiger partial charge on any atom is 0.0178 e. The van der Waals surface area contributed by atoms with Crippen LogP contribution in [0.25, 0.3) is 0 Å². The quantitative estimate of drug-likeness (QED) is 0.758. The summed E-state index contributed by atoms with van der Waals surface area (Å²) < 4.78 is 0. The molecule has 0 unspecified atom stereocenters. The lowest BCUT2D eigenvalue weighted by molar-refractivity contribution is 0.511. The minimum Gasteiger partial charge on any atom is -0.326 e. The lowest BCUT2D eigenvalue weighted by Crippen LogP contribution is -2.06. The lowest BCUT2D eigenvalue weighted by atomic mass is 9.84. The first-order chi connectivity index (χ1) is 6.90. The van der Waals surface area contributed by atoms with E-state index in [0.717, 1.165) is 5.92 Å². The van der Waals surface area contributed by atoms with Gasteiger partial charge in [0.2, 0.25) is 0 Å². The summed E-state index contributed by atoms with van der Waals surface area (Å²) in [4.78, 5) is 0. The van der Waals surface area contributed by atoms with Crippen LogP contribution in [0.1, 0.15) is 42.7 Å². The topological polar surface area (TPSA) is 26.0 Å². The Morgan fingerprint density at radius 1 is 1.21 bits per heavy atom. The molecule has 1 aliphatic carbocycles. The van der Waals surface area contributed by atoms with Gasteiger partial charge in [-0.05, 0) is 49.1 Å². The summed E-state index contributed by atoms with van der Waals surface area (Å²) in [6.45, 7) is 0.659. The van der Waals surface area contributed by atoms with Crippen LogP contribution in [0.2, 0.25) is 0 Å². The minimum atomic E-state index is 0.659. The first-order valence-electron chi connectivity index (χ1n) is 5.50. The van der Waals surface area contributed by atoms with Gasteiger partial charge in [0, 0.05) is 6.54 Å². The van der Waals surface area contributed by atoms with Crippen molar-refractivity contribution in [3.8, 4) is 0 Å². The second kappa shape index (κ2) is 4.61. The van der Waals surface area contributed by atoms with E-state index >= 15 is 0 Å². The van der Waals surface area contributed by atoms with Crippen molar-refractivity contribution in [1.29, 1.82) is 0 Å². The van der Waals surface area contributed by atoms with E-state index in [1.807, 2.05) is 0 Å². The van der Waals surface area contributed by atoms with Crippen LogP contribution >= 0.6 is 0 Å². The Morgan fingerprint density at radius 3 is 2.71 bits per heavy atom. The molecule has 1 aromatic carbocycles. The van der Waals surface area contributed by atoms with E-state index < -0.39 is 0 Å². The van der Waals surface area contributed by atoms with Gasteiger partial charge in [0.1, 0.15) is 0 Å². The molecule has 14 heavy (non-hydrogen) atoms. The van der Waals surface area contributed by atoms with Crippen LogP contribution in [0, 0.1) is 6.42 Å². The summed E-state index contributed by atoms with van der Waals surface area (Å²) in [5.41, 5.74) is 8.39. The van der Waals surface area contributed by atoms with E-state index in [2.05, 4.69) is 30.7 Å². The van der Waals surface area contributed by atoms with Crippen LogP contribution < -0.4 is 5.73 Å². The van der Waals surface area contributed by atoms with Crippen molar-refractivity contribution in [2.45, 2.75) is 38.1 Å². The summed E-state index contributed by atoms with van der Waals surface area (Å²) in [6, 6.07) is 8.76. The predicted octanol–water partition coefficient (Wildman–Crippen LogP) is 3.01. The van der Waals surface area contributed by atoms with Gasteiger partial charge >= 0.3 is 0 Å². The molecule has 1 aromatic rings. The standard InChI is InChI=1S/C13H18N/c14-10-11-5-4-8-13(9-11)12-6-2-1-3-7-12/h1,4-5,8-9,12H,2-3,6-7,10,14H2. The molecule has 0 heterocycles. The van der Waals surface area contributed by atoms with Crippen LogP contribution in [0.4, 0.5) is 0 Å². The summed E-state index contributed by atoms with van der Waals surface area (Å²) in [5.74, 6) is 0.770. The van der Waals surface area contributed by atoms with Gasteiger partial charge in [0.25, 0.3) is 0 Å². The first-order valence-corrected chi connectivity index (χ1v) is 5.50. The minimum absolute atomic E-state index is 0.659. The summed E-state index contributed by atoms with van der Waals surface area (Å²) in [6.07, 6.45) is 7.58. The molecule has 1 fully saturated rings. The van der Waals surface area contributed by atoms with Crippen molar-refractivity contribution in [1.82, 2.24) is 0 Å². The number of rotatable bonds is 2. The Bertz CT molecular complexity index is 287. The van der Waals surface area contributed by atoms with E-state index in [-0.39, 0.29) is 0 Å². The average Bonchev–Trinajstić information content (AvgIpc) is 2.30. The van der Waals surface area contributed by atoms with Gasteiger partial charge < -0.3 is 5.73 Å². The third-order valence-corrected chi connectivity index (χ3v) is 3.10. The molecular weight excluding hydrogens is 170 g/mol. The van der Waals surface area contributed by atoms with Crippen LogP contribution in [0.3, 0.4) is 0 Å². The molecule has 0 bridgehead atoms. The van der Waals surface area contributed by atoms with Gasteiger partial charge in [-0.25, -0.2) is 0 Å². The molecule has 1 saturated carbocycles. The fraction of sp³-hybridized carbons (Fsp3) is 0.462. The first kappa shape index (κ1) is 9.72. The van der Waals surface area contributed by atoms with Crippen LogP contribution in [0.15, 0.2) is 24.3 Å². The summed E-state index contributed by atoms with van der Waals surface area (Å²) in [7, 11) is 0. The summed E-state index contributed by atoms with van der Waals surface area (Å²) >= 11 is 0. The molecular formula is C13H18N. The Kier molecular flexibility index (Phi) is 3.20. The van der Waals surface area contributed by atoms with E-state index in [1.165, 1.54) is 36.8 Å². The van der Waals surface area contributed by atoms with E-state index in [0.29, 0.717) is 6.54 Å². The van der Waals surface area contributed by atoms with Gasteiger partial charge in [-0.15, -0.1) is 0 Å². The van der Waals surface area contributed by atoms with Gasteiger partial charge in [0.05, 0.1) is 0 Å². The monoisotopic (exact) mass is 188 g/mol.